The summed E-state index contributed by atoms with van der Waals surface area (Å²) in [7, 11) is 0. The fraction of sp³-hybridized carbons (Fsp3) is 0.708. The van der Waals surface area contributed by atoms with Gasteiger partial charge in [-0.15, -0.1) is 0 Å². The number of carbonyl (C=O) groups excluding carboxylic acids is 1. The highest BCUT2D eigenvalue weighted by molar-refractivity contribution is 5.94. The molecule has 0 radical (unpaired) electrons. The van der Waals surface area contributed by atoms with E-state index in [0.29, 0.717) is 0 Å². The van der Waals surface area contributed by atoms with Crippen LogP contribution in [0.2, 0.25) is 0 Å². The number of anilines is 1. The van der Waals surface area contributed by atoms with E-state index in [1.54, 1.807) is 6.92 Å². The lowest BCUT2D eigenvalue weighted by molar-refractivity contribution is 0.0821. The van der Waals surface area contributed by atoms with Crippen molar-refractivity contribution < 1.29 is 4.79 Å². The van der Waals surface area contributed by atoms with Gasteiger partial charge in [-0.3, -0.25) is 4.79 Å². The summed E-state index contributed by atoms with van der Waals surface area (Å²) >= 11 is 0. The molecule has 3 heteroatoms. The lowest BCUT2D eigenvalue weighted by Crippen LogP contribution is -2.45. The van der Waals surface area contributed by atoms with Crippen molar-refractivity contribution in [1.82, 2.24) is 4.90 Å². The van der Waals surface area contributed by atoms with Crippen molar-refractivity contribution in [2.24, 2.45) is 11.8 Å². The summed E-state index contributed by atoms with van der Waals surface area (Å²) in [5, 5.41) is 0. The number of ketones is 1. The lowest BCUT2D eigenvalue weighted by atomic mass is 9.78. The summed E-state index contributed by atoms with van der Waals surface area (Å²) in [5.74, 6) is 2.03. The van der Waals surface area contributed by atoms with E-state index >= 15 is 0 Å². The quantitative estimate of drug-likeness (QED) is 0.687. The SMILES string of the molecule is CC(=O)c1ccc(N2CCC(C3CCN(C4CCCCC4)CC3)CC2)cc1. The van der Waals surface area contributed by atoms with Crippen molar-refractivity contribution in [3.8, 4) is 0 Å². The molecule has 3 fully saturated rings. The van der Waals surface area contributed by atoms with Crippen LogP contribution in [0.4, 0.5) is 5.69 Å². The monoisotopic (exact) mass is 368 g/mol. The van der Waals surface area contributed by atoms with Gasteiger partial charge in [0.1, 0.15) is 0 Å². The van der Waals surface area contributed by atoms with Crippen LogP contribution in [0, 0.1) is 11.8 Å². The molecule has 2 aliphatic heterocycles. The van der Waals surface area contributed by atoms with E-state index in [4.69, 9.17) is 0 Å². The molecule has 0 unspecified atom stereocenters. The fourth-order valence-electron chi connectivity index (χ4n) is 5.74. The molecule has 0 amide bonds. The minimum Gasteiger partial charge on any atom is -0.372 e. The lowest BCUT2D eigenvalue weighted by Gasteiger charge is -2.43. The smallest absolute Gasteiger partial charge is 0.159 e. The fourth-order valence-corrected chi connectivity index (χ4v) is 5.74. The Labute approximate surface area is 165 Å². The van der Waals surface area contributed by atoms with Gasteiger partial charge in [-0.1, -0.05) is 19.3 Å². The van der Waals surface area contributed by atoms with E-state index in [1.165, 1.54) is 89.7 Å². The van der Waals surface area contributed by atoms with Gasteiger partial charge in [-0.05, 0) is 94.6 Å². The third-order valence-corrected chi connectivity index (χ3v) is 7.51. The number of Topliss-reactive ketones (excluding diaryl/α,β-unsaturated/α-hetero) is 1. The molecule has 0 bridgehead atoms. The van der Waals surface area contributed by atoms with Crippen LogP contribution < -0.4 is 4.90 Å². The van der Waals surface area contributed by atoms with Crippen molar-refractivity contribution in [2.75, 3.05) is 31.1 Å². The van der Waals surface area contributed by atoms with Crippen LogP contribution >= 0.6 is 0 Å². The van der Waals surface area contributed by atoms with Gasteiger partial charge in [0.2, 0.25) is 0 Å². The first kappa shape index (κ1) is 19.0. The average Bonchev–Trinajstić information content (AvgIpc) is 2.75. The summed E-state index contributed by atoms with van der Waals surface area (Å²) < 4.78 is 0. The minimum atomic E-state index is 0.153. The molecule has 1 aromatic carbocycles. The Hall–Kier alpha value is -1.35. The molecule has 1 aliphatic carbocycles. The standard InChI is InChI=1S/C24H36N2O/c1-19(27)20-7-9-24(10-8-20)26-17-13-22(14-18-26)21-11-15-25(16-12-21)23-5-3-2-4-6-23/h7-10,21-23H,2-6,11-18H2,1H3. The molecule has 3 aliphatic rings. The molecule has 4 rings (SSSR count). The highest BCUT2D eigenvalue weighted by Gasteiger charge is 2.32. The number of rotatable bonds is 4. The van der Waals surface area contributed by atoms with Gasteiger partial charge in [0.15, 0.2) is 5.78 Å². The number of likely N-dealkylation sites (tertiary alicyclic amines) is 1. The van der Waals surface area contributed by atoms with Crippen LogP contribution in [0.5, 0.6) is 0 Å². The van der Waals surface area contributed by atoms with Crippen molar-refractivity contribution in [1.29, 1.82) is 0 Å². The van der Waals surface area contributed by atoms with Gasteiger partial charge in [0.05, 0.1) is 0 Å². The number of carbonyl (C=O) groups is 1. The molecule has 0 N–H and O–H groups in total. The second kappa shape index (κ2) is 8.77. The predicted octanol–water partition coefficient (Wildman–Crippen LogP) is 5.15. The number of nitrogens with zero attached hydrogens (tertiary/aromatic N) is 2. The molecular weight excluding hydrogens is 332 g/mol. The topological polar surface area (TPSA) is 23.6 Å². The van der Waals surface area contributed by atoms with Gasteiger partial charge in [-0.25, -0.2) is 0 Å². The Bertz CT molecular complexity index is 604. The molecule has 3 nitrogen and oxygen atoms in total. The van der Waals surface area contributed by atoms with E-state index in [1.807, 2.05) is 12.1 Å². The van der Waals surface area contributed by atoms with Crippen LogP contribution in [0.1, 0.15) is 75.1 Å². The second-order valence-corrected chi connectivity index (χ2v) is 9.09. The molecule has 0 spiro atoms. The Morgan fingerprint density at radius 3 is 1.89 bits per heavy atom. The maximum Gasteiger partial charge on any atom is 0.159 e. The second-order valence-electron chi connectivity index (χ2n) is 9.09. The van der Waals surface area contributed by atoms with Gasteiger partial charge in [-0.2, -0.15) is 0 Å². The first-order chi connectivity index (χ1) is 13.2. The van der Waals surface area contributed by atoms with Crippen LogP contribution in [0.15, 0.2) is 24.3 Å². The summed E-state index contributed by atoms with van der Waals surface area (Å²) in [4.78, 5) is 16.8. The number of piperidine rings is 2. The minimum absolute atomic E-state index is 0.153. The van der Waals surface area contributed by atoms with Crippen LogP contribution in [-0.2, 0) is 0 Å². The highest BCUT2D eigenvalue weighted by atomic mass is 16.1. The maximum atomic E-state index is 11.5. The van der Waals surface area contributed by atoms with E-state index in [2.05, 4.69) is 21.9 Å². The molecule has 1 saturated carbocycles. The van der Waals surface area contributed by atoms with Crippen molar-refractivity contribution in [2.45, 2.75) is 70.8 Å². The predicted molar refractivity (Wildman–Crippen MR) is 113 cm³/mol. The first-order valence-electron chi connectivity index (χ1n) is 11.3. The third kappa shape index (κ3) is 4.56. The Kier molecular flexibility index (Phi) is 6.17. The van der Waals surface area contributed by atoms with Crippen LogP contribution in [0.3, 0.4) is 0 Å². The molecular formula is C24H36N2O. The number of hydrogen-bond donors (Lipinski definition) is 0. The molecule has 2 saturated heterocycles. The highest BCUT2D eigenvalue weighted by Crippen LogP contribution is 2.35. The average molecular weight is 369 g/mol. The molecule has 0 aromatic heterocycles. The van der Waals surface area contributed by atoms with Crippen molar-refractivity contribution in [3.63, 3.8) is 0 Å². The number of benzene rings is 1. The molecule has 0 atom stereocenters. The molecule has 2 heterocycles. The normalized spacial score (nSPS) is 24.3. The van der Waals surface area contributed by atoms with E-state index in [9.17, 15) is 4.79 Å². The summed E-state index contributed by atoms with van der Waals surface area (Å²) in [5.41, 5.74) is 2.10. The van der Waals surface area contributed by atoms with Crippen molar-refractivity contribution in [3.05, 3.63) is 29.8 Å². The summed E-state index contributed by atoms with van der Waals surface area (Å²) in [6, 6.07) is 9.11. The zero-order valence-corrected chi connectivity index (χ0v) is 17.0. The van der Waals surface area contributed by atoms with Gasteiger partial charge >= 0.3 is 0 Å². The Morgan fingerprint density at radius 1 is 0.778 bits per heavy atom. The zero-order chi connectivity index (χ0) is 18.6. The largest absolute Gasteiger partial charge is 0.372 e. The third-order valence-electron chi connectivity index (χ3n) is 7.51. The van der Waals surface area contributed by atoms with E-state index in [-0.39, 0.29) is 5.78 Å². The molecule has 27 heavy (non-hydrogen) atoms. The maximum absolute atomic E-state index is 11.5. The summed E-state index contributed by atoms with van der Waals surface area (Å²) in [6.45, 7) is 6.68. The summed E-state index contributed by atoms with van der Waals surface area (Å²) in [6.07, 6.45) is 12.8. The van der Waals surface area contributed by atoms with E-state index in [0.717, 1.165) is 23.4 Å². The van der Waals surface area contributed by atoms with Crippen LogP contribution in [0.25, 0.3) is 0 Å². The first-order valence-corrected chi connectivity index (χ1v) is 11.3. The zero-order valence-electron chi connectivity index (χ0n) is 17.0. The van der Waals surface area contributed by atoms with Gasteiger partial charge < -0.3 is 9.80 Å². The Morgan fingerprint density at radius 2 is 1.33 bits per heavy atom. The van der Waals surface area contributed by atoms with Crippen LogP contribution in [-0.4, -0.2) is 42.9 Å². The van der Waals surface area contributed by atoms with Gasteiger partial charge in [0.25, 0.3) is 0 Å². The molecule has 1 aromatic rings. The van der Waals surface area contributed by atoms with Gasteiger partial charge in [0, 0.05) is 30.4 Å². The van der Waals surface area contributed by atoms with E-state index < -0.39 is 0 Å². The molecule has 148 valence electrons. The number of hydrogen-bond acceptors (Lipinski definition) is 3. The Balaban J connectivity index is 1.24. The van der Waals surface area contributed by atoms with Crippen molar-refractivity contribution >= 4 is 11.5 Å².